The molecule has 1 N–H and O–H groups in total. The Morgan fingerprint density at radius 1 is 1.50 bits per heavy atom. The number of hydrogen-bond acceptors (Lipinski definition) is 5. The van der Waals surface area contributed by atoms with Crippen LogP contribution in [-0.2, 0) is 19.1 Å². The van der Waals surface area contributed by atoms with E-state index in [4.69, 9.17) is 21.1 Å². The predicted molar refractivity (Wildman–Crippen MR) is 77.7 cm³/mol. The Morgan fingerprint density at radius 3 is 2.85 bits per heavy atom. The van der Waals surface area contributed by atoms with Crippen LogP contribution in [-0.4, -0.2) is 47.2 Å². The van der Waals surface area contributed by atoms with Crippen molar-refractivity contribution in [1.29, 1.82) is 0 Å². The number of ether oxygens (including phenoxy) is 2. The Hall–Kier alpha value is -0.460. The van der Waals surface area contributed by atoms with E-state index in [1.165, 1.54) is 11.8 Å². The van der Waals surface area contributed by atoms with Crippen LogP contribution in [0.15, 0.2) is 0 Å². The molecule has 0 aromatic rings. The van der Waals surface area contributed by atoms with E-state index in [-0.39, 0.29) is 39.9 Å². The second kappa shape index (κ2) is 7.00. The third-order valence-electron chi connectivity index (χ3n) is 3.59. The van der Waals surface area contributed by atoms with Crippen LogP contribution in [0.4, 0.5) is 0 Å². The molecular weight excluding hydrogens is 302 g/mol. The molecule has 7 heteroatoms. The van der Waals surface area contributed by atoms with Crippen LogP contribution in [0.5, 0.6) is 0 Å². The Balaban J connectivity index is 1.92. The Labute approximate surface area is 128 Å². The Morgan fingerprint density at radius 2 is 2.25 bits per heavy atom. The molecule has 2 saturated heterocycles. The zero-order chi connectivity index (χ0) is 14.7. The summed E-state index contributed by atoms with van der Waals surface area (Å²) in [6.07, 6.45) is 1.27. The van der Waals surface area contributed by atoms with E-state index in [0.717, 1.165) is 12.8 Å². The maximum absolute atomic E-state index is 12.0. The molecule has 2 fully saturated rings. The van der Waals surface area contributed by atoms with Crippen LogP contribution in [0.1, 0.15) is 26.7 Å². The minimum absolute atomic E-state index is 0.0458. The van der Waals surface area contributed by atoms with Crippen LogP contribution in [0, 0.1) is 5.92 Å². The number of rotatable bonds is 4. The molecule has 20 heavy (non-hydrogen) atoms. The van der Waals surface area contributed by atoms with Crippen LogP contribution in [0.3, 0.4) is 0 Å². The van der Waals surface area contributed by atoms with E-state index in [2.05, 4.69) is 5.32 Å². The zero-order valence-electron chi connectivity index (χ0n) is 11.6. The molecule has 0 aromatic heterocycles. The normalized spacial score (nSPS) is 36.9. The van der Waals surface area contributed by atoms with E-state index >= 15 is 0 Å². The van der Waals surface area contributed by atoms with Crippen molar-refractivity contribution in [3.8, 4) is 0 Å². The minimum Gasteiger partial charge on any atom is -0.465 e. The topological polar surface area (TPSA) is 64.6 Å². The molecule has 2 rings (SSSR count). The summed E-state index contributed by atoms with van der Waals surface area (Å²) in [5.41, 5.74) is 0. The predicted octanol–water partition coefficient (Wildman–Crippen LogP) is 1.53. The van der Waals surface area contributed by atoms with Crippen molar-refractivity contribution in [1.82, 2.24) is 5.32 Å². The molecule has 1 amide bonds. The van der Waals surface area contributed by atoms with Gasteiger partial charge in [-0.25, -0.2) is 0 Å². The fraction of sp³-hybridized carbons (Fsp3) is 0.846. The van der Waals surface area contributed by atoms with Gasteiger partial charge in [-0.3, -0.25) is 9.59 Å². The van der Waals surface area contributed by atoms with Crippen molar-refractivity contribution in [2.45, 2.75) is 48.8 Å². The first-order valence-corrected chi connectivity index (χ1v) is 8.30. The van der Waals surface area contributed by atoms with Crippen molar-refractivity contribution in [2.75, 3.05) is 13.2 Å². The van der Waals surface area contributed by atoms with Gasteiger partial charge in [0.15, 0.2) is 0 Å². The summed E-state index contributed by atoms with van der Waals surface area (Å²) in [6.45, 7) is 4.66. The Bertz CT molecular complexity index is 375. The van der Waals surface area contributed by atoms with Crippen LogP contribution < -0.4 is 5.32 Å². The molecule has 5 atom stereocenters. The molecule has 0 spiro atoms. The van der Waals surface area contributed by atoms with E-state index in [1.807, 2.05) is 6.92 Å². The first-order valence-electron chi connectivity index (χ1n) is 6.92. The van der Waals surface area contributed by atoms with Gasteiger partial charge in [0, 0.05) is 6.61 Å². The quantitative estimate of drug-likeness (QED) is 0.628. The van der Waals surface area contributed by atoms with Gasteiger partial charge >= 0.3 is 5.97 Å². The second-order valence-electron chi connectivity index (χ2n) is 5.04. The van der Waals surface area contributed by atoms with Crippen LogP contribution >= 0.6 is 23.4 Å². The number of carbonyl (C=O) groups is 2. The van der Waals surface area contributed by atoms with Crippen molar-refractivity contribution in [2.24, 2.45) is 5.92 Å². The first-order chi connectivity index (χ1) is 9.54. The summed E-state index contributed by atoms with van der Waals surface area (Å²) < 4.78 is 10.4. The number of carbonyl (C=O) groups excluding carboxylic acids is 2. The molecule has 0 radical (unpaired) electrons. The highest BCUT2D eigenvalue weighted by Gasteiger charge is 2.46. The monoisotopic (exact) mass is 321 g/mol. The summed E-state index contributed by atoms with van der Waals surface area (Å²) in [6, 6.07) is 0. The van der Waals surface area contributed by atoms with Gasteiger partial charge in [-0.2, -0.15) is 0 Å². The fourth-order valence-corrected chi connectivity index (χ4v) is 4.39. The number of thioether (sulfide) groups is 1. The maximum atomic E-state index is 12.0. The SMILES string of the molecule is CCOC(=O)C1SC(NC(=O)C2CCCO2)C(Cl)C1C. The lowest BCUT2D eigenvalue weighted by atomic mass is 10.0. The highest BCUT2D eigenvalue weighted by Crippen LogP contribution is 2.41. The van der Waals surface area contributed by atoms with E-state index in [1.54, 1.807) is 6.92 Å². The zero-order valence-corrected chi connectivity index (χ0v) is 13.2. The Kier molecular flexibility index (Phi) is 5.57. The van der Waals surface area contributed by atoms with Gasteiger partial charge < -0.3 is 14.8 Å². The highest BCUT2D eigenvalue weighted by molar-refractivity contribution is 8.01. The number of esters is 1. The van der Waals surface area contributed by atoms with Crippen LogP contribution in [0.2, 0.25) is 0 Å². The number of halogens is 1. The van der Waals surface area contributed by atoms with Gasteiger partial charge in [0.1, 0.15) is 11.4 Å². The standard InChI is InChI=1S/C13H20ClNO4S/c1-3-18-13(17)10-7(2)9(14)12(20-10)15-11(16)8-5-4-6-19-8/h7-10,12H,3-6H2,1-2H3,(H,15,16). The molecule has 0 saturated carbocycles. The van der Waals surface area contributed by atoms with Crippen molar-refractivity contribution in [3.63, 3.8) is 0 Å². The molecule has 0 aromatic carbocycles. The maximum Gasteiger partial charge on any atom is 0.319 e. The van der Waals surface area contributed by atoms with Gasteiger partial charge in [-0.05, 0) is 25.7 Å². The van der Waals surface area contributed by atoms with E-state index in [9.17, 15) is 9.59 Å². The second-order valence-corrected chi connectivity index (χ2v) is 6.83. The summed E-state index contributed by atoms with van der Waals surface area (Å²) in [7, 11) is 0. The number of amides is 1. The lowest BCUT2D eigenvalue weighted by molar-refractivity contribution is -0.143. The smallest absolute Gasteiger partial charge is 0.319 e. The summed E-state index contributed by atoms with van der Waals surface area (Å²) in [4.78, 5) is 23.9. The first kappa shape index (κ1) is 15.9. The minimum atomic E-state index is -0.378. The highest BCUT2D eigenvalue weighted by atomic mass is 35.5. The summed E-state index contributed by atoms with van der Waals surface area (Å²) in [5.74, 6) is -0.442. The third kappa shape index (κ3) is 3.40. The van der Waals surface area contributed by atoms with Gasteiger partial charge in [-0.1, -0.05) is 6.92 Å². The van der Waals surface area contributed by atoms with Crippen molar-refractivity contribution < 1.29 is 19.1 Å². The lowest BCUT2D eigenvalue weighted by Gasteiger charge is -2.18. The average Bonchev–Trinajstić information content (AvgIpc) is 3.03. The van der Waals surface area contributed by atoms with Crippen molar-refractivity contribution in [3.05, 3.63) is 0 Å². The van der Waals surface area contributed by atoms with Gasteiger partial charge in [0.05, 0.1) is 17.4 Å². The average molecular weight is 322 g/mol. The van der Waals surface area contributed by atoms with Gasteiger partial charge in [0.2, 0.25) is 5.91 Å². The van der Waals surface area contributed by atoms with Gasteiger partial charge in [0.25, 0.3) is 0 Å². The van der Waals surface area contributed by atoms with E-state index in [0.29, 0.717) is 13.2 Å². The molecular formula is C13H20ClNO4S. The summed E-state index contributed by atoms with van der Waals surface area (Å²) >= 11 is 7.70. The van der Waals surface area contributed by atoms with Gasteiger partial charge in [-0.15, -0.1) is 23.4 Å². The molecule has 2 aliphatic rings. The molecule has 5 nitrogen and oxygen atoms in total. The summed E-state index contributed by atoms with van der Waals surface area (Å²) in [5, 5.41) is 1.99. The van der Waals surface area contributed by atoms with Crippen molar-refractivity contribution >= 4 is 35.2 Å². The molecule has 5 unspecified atom stereocenters. The number of nitrogens with one attached hydrogen (secondary N) is 1. The lowest BCUT2D eigenvalue weighted by Crippen LogP contribution is -2.42. The number of alkyl halides is 1. The molecule has 114 valence electrons. The molecule has 0 bridgehead atoms. The molecule has 2 heterocycles. The third-order valence-corrected chi connectivity index (χ3v) is 6.01. The molecule has 0 aliphatic carbocycles. The largest absolute Gasteiger partial charge is 0.465 e. The van der Waals surface area contributed by atoms with E-state index < -0.39 is 0 Å². The fourth-order valence-electron chi connectivity index (χ4n) is 2.43. The number of hydrogen-bond donors (Lipinski definition) is 1. The van der Waals surface area contributed by atoms with Crippen LogP contribution in [0.25, 0.3) is 0 Å². The molecule has 2 aliphatic heterocycles.